The van der Waals surface area contributed by atoms with Gasteiger partial charge in [0.15, 0.2) is 0 Å². The first-order valence-corrected chi connectivity index (χ1v) is 15.5. The van der Waals surface area contributed by atoms with Gasteiger partial charge < -0.3 is 4.57 Å². The van der Waals surface area contributed by atoms with Crippen molar-refractivity contribution in [3.05, 3.63) is 156 Å². The highest BCUT2D eigenvalue weighted by Gasteiger charge is 2.31. The van der Waals surface area contributed by atoms with Gasteiger partial charge in [-0.05, 0) is 51.5 Å². The van der Waals surface area contributed by atoms with Crippen molar-refractivity contribution >= 4 is 55.8 Å². The van der Waals surface area contributed by atoms with Crippen molar-refractivity contribution in [1.82, 2.24) is 4.57 Å². The minimum atomic E-state index is -0.238. The van der Waals surface area contributed by atoms with Crippen molar-refractivity contribution in [2.75, 3.05) is 0 Å². The van der Waals surface area contributed by atoms with Crippen molar-refractivity contribution in [2.45, 2.75) is 20.5 Å². The highest BCUT2D eigenvalue weighted by atomic mass is 15.1. The van der Waals surface area contributed by atoms with Gasteiger partial charge in [0.1, 0.15) is 6.67 Å². The van der Waals surface area contributed by atoms with Gasteiger partial charge in [0, 0.05) is 27.3 Å². The summed E-state index contributed by atoms with van der Waals surface area (Å²) >= 11 is 0. The minimum Gasteiger partial charge on any atom is -0.320 e. The summed E-state index contributed by atoms with van der Waals surface area (Å²) in [4.78, 5) is 10.1. The standard InChI is InChI=1S/C42H33N3/c1-42(2)26-25-36(41(42)43-3)40(34-19-9-8-18-33(34)32-21-12-15-28-13-4-6-16-30(28)32)44-27-45-37-22-11-10-20-35(37)39-31-17-7-5-14-29(31)23-24-38(39)45/h4-26H,3,27H2,1-2H3/b44-40-. The third kappa shape index (κ3) is 4.35. The van der Waals surface area contributed by atoms with Crippen molar-refractivity contribution in [3.63, 3.8) is 0 Å². The maximum Gasteiger partial charge on any atom is 0.115 e. The van der Waals surface area contributed by atoms with Crippen LogP contribution in [0, 0.1) is 5.41 Å². The molecule has 1 aliphatic carbocycles. The summed E-state index contributed by atoms with van der Waals surface area (Å²) in [6, 6.07) is 45.5. The van der Waals surface area contributed by atoms with Gasteiger partial charge in [-0.3, -0.25) is 9.98 Å². The zero-order valence-corrected chi connectivity index (χ0v) is 25.5. The van der Waals surface area contributed by atoms with Gasteiger partial charge in [-0.1, -0.05) is 141 Å². The summed E-state index contributed by atoms with van der Waals surface area (Å²) in [6.45, 7) is 8.84. The molecule has 1 aromatic heterocycles. The quantitative estimate of drug-likeness (QED) is 0.175. The van der Waals surface area contributed by atoms with Crippen LogP contribution in [-0.4, -0.2) is 17.0 Å². The Labute approximate surface area is 263 Å². The molecule has 6 aromatic carbocycles. The number of aliphatic imine (C=N–C) groups is 2. The lowest BCUT2D eigenvalue weighted by Gasteiger charge is -2.20. The van der Waals surface area contributed by atoms with Gasteiger partial charge in [-0.15, -0.1) is 0 Å². The van der Waals surface area contributed by atoms with Gasteiger partial charge in [-0.25, -0.2) is 0 Å². The third-order valence-electron chi connectivity index (χ3n) is 9.24. The van der Waals surface area contributed by atoms with Gasteiger partial charge in [0.05, 0.1) is 22.4 Å². The zero-order chi connectivity index (χ0) is 30.5. The highest BCUT2D eigenvalue weighted by Crippen LogP contribution is 2.41. The molecule has 3 nitrogen and oxygen atoms in total. The SMILES string of the molecule is C=NC1=C(/C(=N\Cn2c3ccccc3c3c4ccccc4ccc32)c2ccccc2-c2cccc3ccccc23)C=CC1(C)C. The Morgan fingerprint density at radius 3 is 2.11 bits per heavy atom. The molecule has 45 heavy (non-hydrogen) atoms. The van der Waals surface area contributed by atoms with Crippen molar-refractivity contribution in [3.8, 4) is 11.1 Å². The van der Waals surface area contributed by atoms with Crippen LogP contribution in [0.1, 0.15) is 19.4 Å². The second-order valence-electron chi connectivity index (χ2n) is 12.3. The molecule has 0 spiro atoms. The first-order chi connectivity index (χ1) is 22.0. The lowest BCUT2D eigenvalue weighted by molar-refractivity contribution is 0.584. The van der Waals surface area contributed by atoms with Crippen LogP contribution in [0.2, 0.25) is 0 Å². The molecule has 8 rings (SSSR count). The third-order valence-corrected chi connectivity index (χ3v) is 9.24. The molecule has 0 unspecified atom stereocenters. The maximum atomic E-state index is 5.51. The molecule has 0 N–H and O–H groups in total. The van der Waals surface area contributed by atoms with Gasteiger partial charge in [0.25, 0.3) is 0 Å². The smallest absolute Gasteiger partial charge is 0.115 e. The van der Waals surface area contributed by atoms with E-state index in [0.29, 0.717) is 6.67 Å². The Morgan fingerprint density at radius 2 is 1.29 bits per heavy atom. The molecule has 0 bridgehead atoms. The number of hydrogen-bond donors (Lipinski definition) is 0. The number of fused-ring (bicyclic) bond motifs is 6. The molecular weight excluding hydrogens is 546 g/mol. The molecule has 3 heteroatoms. The van der Waals surface area contributed by atoms with E-state index in [1.54, 1.807) is 0 Å². The number of aromatic nitrogens is 1. The molecule has 7 aromatic rings. The van der Waals surface area contributed by atoms with Crippen LogP contribution < -0.4 is 0 Å². The lowest BCUT2D eigenvalue weighted by atomic mass is 9.88. The summed E-state index contributed by atoms with van der Waals surface area (Å²) in [6.07, 6.45) is 4.40. The number of para-hydroxylation sites is 1. The molecule has 0 fully saturated rings. The van der Waals surface area contributed by atoms with Crippen molar-refractivity contribution in [2.24, 2.45) is 15.4 Å². The predicted molar refractivity (Wildman–Crippen MR) is 192 cm³/mol. The molecule has 0 saturated carbocycles. The van der Waals surface area contributed by atoms with E-state index in [9.17, 15) is 0 Å². The van der Waals surface area contributed by atoms with E-state index >= 15 is 0 Å². The Kier molecular flexibility index (Phi) is 6.35. The molecule has 0 amide bonds. The molecule has 1 heterocycles. The van der Waals surface area contributed by atoms with Crippen LogP contribution in [-0.2, 0) is 6.67 Å². The van der Waals surface area contributed by atoms with E-state index in [-0.39, 0.29) is 5.41 Å². The summed E-state index contributed by atoms with van der Waals surface area (Å²) < 4.78 is 2.35. The Hall–Kier alpha value is -5.54. The average Bonchev–Trinajstić information content (AvgIpc) is 3.57. The first-order valence-electron chi connectivity index (χ1n) is 15.5. The van der Waals surface area contributed by atoms with Crippen LogP contribution >= 0.6 is 0 Å². The second-order valence-corrected chi connectivity index (χ2v) is 12.3. The zero-order valence-electron chi connectivity index (χ0n) is 25.5. The number of hydrogen-bond acceptors (Lipinski definition) is 2. The number of allylic oxidation sites excluding steroid dienone is 3. The van der Waals surface area contributed by atoms with Gasteiger partial charge in [-0.2, -0.15) is 0 Å². The fourth-order valence-corrected chi connectivity index (χ4v) is 7.09. The van der Waals surface area contributed by atoms with E-state index < -0.39 is 0 Å². The maximum absolute atomic E-state index is 5.51. The largest absolute Gasteiger partial charge is 0.320 e. The van der Waals surface area contributed by atoms with E-state index in [1.807, 2.05) is 0 Å². The van der Waals surface area contributed by atoms with Gasteiger partial charge >= 0.3 is 0 Å². The predicted octanol–water partition coefficient (Wildman–Crippen LogP) is 10.8. The van der Waals surface area contributed by atoms with Crippen LogP contribution in [0.5, 0.6) is 0 Å². The topological polar surface area (TPSA) is 29.6 Å². The van der Waals surface area contributed by atoms with Crippen LogP contribution in [0.15, 0.2) is 161 Å². The van der Waals surface area contributed by atoms with E-state index in [1.165, 1.54) is 48.9 Å². The number of rotatable bonds is 6. The molecule has 0 aliphatic heterocycles. The normalized spacial score (nSPS) is 14.8. The van der Waals surface area contributed by atoms with Crippen LogP contribution in [0.4, 0.5) is 0 Å². The van der Waals surface area contributed by atoms with Crippen LogP contribution in [0.25, 0.3) is 54.5 Å². The fourth-order valence-electron chi connectivity index (χ4n) is 7.09. The fraction of sp³-hybridized carbons (Fsp3) is 0.0952. The van der Waals surface area contributed by atoms with Crippen molar-refractivity contribution in [1.29, 1.82) is 0 Å². The first kappa shape index (κ1) is 27.0. The van der Waals surface area contributed by atoms with Crippen LogP contribution in [0.3, 0.4) is 0 Å². The summed E-state index contributed by atoms with van der Waals surface area (Å²) in [5.74, 6) is 0. The second kappa shape index (κ2) is 10.6. The Morgan fingerprint density at radius 1 is 0.644 bits per heavy atom. The summed E-state index contributed by atoms with van der Waals surface area (Å²) in [5.41, 5.74) is 8.43. The molecule has 0 saturated heterocycles. The van der Waals surface area contributed by atoms with E-state index in [4.69, 9.17) is 4.99 Å². The molecule has 0 radical (unpaired) electrons. The molecular formula is C42H33N3. The summed E-state index contributed by atoms with van der Waals surface area (Å²) in [7, 11) is 0. The highest BCUT2D eigenvalue weighted by molar-refractivity contribution is 6.21. The Bertz CT molecular complexity index is 2390. The number of benzene rings is 6. The minimum absolute atomic E-state index is 0.238. The van der Waals surface area contributed by atoms with E-state index in [2.05, 4.69) is 170 Å². The Balaban J connectivity index is 1.39. The molecule has 216 valence electrons. The van der Waals surface area contributed by atoms with Crippen molar-refractivity contribution < 1.29 is 0 Å². The molecule has 0 atom stereocenters. The average molecular weight is 580 g/mol. The number of nitrogens with zero attached hydrogens (tertiary/aromatic N) is 3. The van der Waals surface area contributed by atoms with Gasteiger partial charge in [0.2, 0.25) is 0 Å². The molecule has 1 aliphatic rings. The lowest BCUT2D eigenvalue weighted by Crippen LogP contribution is -2.13. The van der Waals surface area contributed by atoms with E-state index in [0.717, 1.165) is 28.1 Å². The monoisotopic (exact) mass is 579 g/mol. The summed E-state index contributed by atoms with van der Waals surface area (Å²) in [5, 5.41) is 7.45.